The highest BCUT2D eigenvalue weighted by molar-refractivity contribution is 14.1. The molecule has 0 aliphatic rings. The van der Waals surface area contributed by atoms with Crippen LogP contribution in [0.15, 0.2) is 42.5 Å². The van der Waals surface area contributed by atoms with Gasteiger partial charge < -0.3 is 5.32 Å². The first-order valence-corrected chi connectivity index (χ1v) is 8.17. The number of benzene rings is 2. The van der Waals surface area contributed by atoms with Crippen molar-refractivity contribution in [1.29, 1.82) is 0 Å². The Morgan fingerprint density at radius 3 is 2.24 bits per heavy atom. The average molecular weight is 393 g/mol. The Hall–Kier alpha value is -1.36. The number of hydrogen-bond donors (Lipinski definition) is 1. The van der Waals surface area contributed by atoms with Crippen molar-refractivity contribution in [2.24, 2.45) is 0 Å². The lowest BCUT2D eigenvalue weighted by Gasteiger charge is -2.16. The van der Waals surface area contributed by atoms with Gasteiger partial charge in [0.05, 0.1) is 0 Å². The van der Waals surface area contributed by atoms with Crippen molar-refractivity contribution < 1.29 is 4.79 Å². The molecule has 1 N–H and O–H groups in total. The van der Waals surface area contributed by atoms with Crippen LogP contribution in [0.4, 0.5) is 0 Å². The first-order chi connectivity index (χ1) is 9.97. The number of rotatable bonds is 4. The van der Waals surface area contributed by atoms with Gasteiger partial charge in [0, 0.05) is 15.2 Å². The van der Waals surface area contributed by atoms with Crippen LogP contribution >= 0.6 is 22.6 Å². The maximum absolute atomic E-state index is 12.4. The van der Waals surface area contributed by atoms with E-state index < -0.39 is 0 Å². The Labute approximate surface area is 140 Å². The van der Waals surface area contributed by atoms with E-state index in [1.165, 1.54) is 9.13 Å². The Bertz CT molecular complexity index is 614. The summed E-state index contributed by atoms with van der Waals surface area (Å²) in [5, 5.41) is 3.10. The smallest absolute Gasteiger partial charge is 0.252 e. The number of carbonyl (C=O) groups is 1. The molecule has 0 saturated heterocycles. The molecule has 0 heterocycles. The van der Waals surface area contributed by atoms with Gasteiger partial charge in [0.25, 0.3) is 5.91 Å². The van der Waals surface area contributed by atoms with Crippen LogP contribution in [0.25, 0.3) is 0 Å². The molecule has 3 heteroatoms. The van der Waals surface area contributed by atoms with Crippen LogP contribution in [-0.2, 0) is 6.42 Å². The zero-order valence-electron chi connectivity index (χ0n) is 12.6. The second-order valence-corrected chi connectivity index (χ2v) is 6.72. The van der Waals surface area contributed by atoms with Crippen molar-refractivity contribution in [1.82, 2.24) is 5.32 Å². The molecule has 1 atom stereocenters. The molecule has 2 aromatic rings. The molecular formula is C18H20INO. The van der Waals surface area contributed by atoms with E-state index in [9.17, 15) is 4.79 Å². The van der Waals surface area contributed by atoms with Crippen LogP contribution in [-0.4, -0.2) is 11.9 Å². The van der Waals surface area contributed by atoms with Gasteiger partial charge in [0.1, 0.15) is 0 Å². The summed E-state index contributed by atoms with van der Waals surface area (Å²) in [5.41, 5.74) is 4.08. The predicted molar refractivity (Wildman–Crippen MR) is 95.7 cm³/mol. The Morgan fingerprint density at radius 1 is 1.10 bits per heavy atom. The molecule has 2 aromatic carbocycles. The van der Waals surface area contributed by atoms with Crippen molar-refractivity contribution >= 4 is 28.5 Å². The number of nitrogens with one attached hydrogen (secondary N) is 1. The molecule has 0 spiro atoms. The molecule has 2 rings (SSSR count). The lowest BCUT2D eigenvalue weighted by atomic mass is 10.0. The Morgan fingerprint density at radius 2 is 1.67 bits per heavy atom. The van der Waals surface area contributed by atoms with Gasteiger partial charge in [-0.1, -0.05) is 30.3 Å². The molecule has 1 unspecified atom stereocenters. The van der Waals surface area contributed by atoms with Gasteiger partial charge in [-0.15, -0.1) is 0 Å². The van der Waals surface area contributed by atoms with Crippen molar-refractivity contribution in [2.45, 2.75) is 33.2 Å². The monoisotopic (exact) mass is 393 g/mol. The van der Waals surface area contributed by atoms with Crippen LogP contribution in [0.5, 0.6) is 0 Å². The standard InChI is InChI=1S/C18H20INO/c1-12-5-4-6-13(2)17(12)18(21)20-14(3)11-15-7-9-16(19)10-8-15/h4-10,14H,11H2,1-3H3,(H,20,21). The number of carbonyl (C=O) groups excluding carboxylic acids is 1. The van der Waals surface area contributed by atoms with Gasteiger partial charge in [-0.3, -0.25) is 4.79 Å². The normalized spacial score (nSPS) is 12.0. The van der Waals surface area contributed by atoms with Crippen LogP contribution in [0.3, 0.4) is 0 Å². The van der Waals surface area contributed by atoms with Crippen LogP contribution in [0.1, 0.15) is 34.0 Å². The maximum Gasteiger partial charge on any atom is 0.252 e. The molecule has 21 heavy (non-hydrogen) atoms. The van der Waals surface area contributed by atoms with E-state index in [0.29, 0.717) is 0 Å². The number of amides is 1. The minimum Gasteiger partial charge on any atom is -0.349 e. The third-order valence-corrected chi connectivity index (χ3v) is 4.26. The quantitative estimate of drug-likeness (QED) is 0.773. The minimum absolute atomic E-state index is 0.0172. The first kappa shape index (κ1) is 16.0. The largest absolute Gasteiger partial charge is 0.349 e. The molecule has 2 nitrogen and oxygen atoms in total. The number of halogens is 1. The van der Waals surface area contributed by atoms with Gasteiger partial charge in [-0.25, -0.2) is 0 Å². The van der Waals surface area contributed by atoms with Crippen molar-refractivity contribution in [3.8, 4) is 0 Å². The molecule has 0 aromatic heterocycles. The lowest BCUT2D eigenvalue weighted by molar-refractivity contribution is 0.0939. The fraction of sp³-hybridized carbons (Fsp3) is 0.278. The molecule has 0 bridgehead atoms. The summed E-state index contributed by atoms with van der Waals surface area (Å²) in [4.78, 5) is 12.4. The average Bonchev–Trinajstić information content (AvgIpc) is 2.41. The summed E-state index contributed by atoms with van der Waals surface area (Å²) in [7, 11) is 0. The van der Waals surface area contributed by atoms with Crippen molar-refractivity contribution in [3.63, 3.8) is 0 Å². The van der Waals surface area contributed by atoms with Gasteiger partial charge in [-0.05, 0) is 78.6 Å². The van der Waals surface area contributed by atoms with Gasteiger partial charge in [0.2, 0.25) is 0 Å². The second-order valence-electron chi connectivity index (χ2n) is 5.47. The Kier molecular flexibility index (Phi) is 5.39. The van der Waals surface area contributed by atoms with E-state index in [0.717, 1.165) is 23.1 Å². The lowest BCUT2D eigenvalue weighted by Crippen LogP contribution is -2.34. The zero-order chi connectivity index (χ0) is 15.4. The van der Waals surface area contributed by atoms with Gasteiger partial charge in [0.15, 0.2) is 0 Å². The highest BCUT2D eigenvalue weighted by atomic mass is 127. The van der Waals surface area contributed by atoms with Crippen molar-refractivity contribution in [3.05, 3.63) is 68.3 Å². The minimum atomic E-state index is 0.0172. The molecule has 0 aliphatic carbocycles. The molecular weight excluding hydrogens is 373 g/mol. The molecule has 110 valence electrons. The summed E-state index contributed by atoms with van der Waals surface area (Å²) < 4.78 is 1.23. The first-order valence-electron chi connectivity index (χ1n) is 7.09. The SMILES string of the molecule is Cc1cccc(C)c1C(=O)NC(C)Cc1ccc(I)cc1. The topological polar surface area (TPSA) is 29.1 Å². The van der Waals surface area contributed by atoms with E-state index in [1.54, 1.807) is 0 Å². The van der Waals surface area contributed by atoms with E-state index in [2.05, 4.69) is 52.2 Å². The van der Waals surface area contributed by atoms with E-state index in [-0.39, 0.29) is 11.9 Å². The van der Waals surface area contributed by atoms with E-state index in [4.69, 9.17) is 0 Å². The van der Waals surface area contributed by atoms with Gasteiger partial charge in [-0.2, -0.15) is 0 Å². The zero-order valence-corrected chi connectivity index (χ0v) is 14.8. The summed E-state index contributed by atoms with van der Waals surface area (Å²) >= 11 is 2.30. The molecule has 0 radical (unpaired) electrons. The predicted octanol–water partition coefficient (Wildman–Crippen LogP) is 4.27. The Balaban J connectivity index is 2.04. The fourth-order valence-electron chi connectivity index (χ4n) is 2.49. The molecule has 0 fully saturated rings. The van der Waals surface area contributed by atoms with Crippen molar-refractivity contribution in [2.75, 3.05) is 0 Å². The maximum atomic E-state index is 12.4. The van der Waals surface area contributed by atoms with E-state index >= 15 is 0 Å². The van der Waals surface area contributed by atoms with E-state index in [1.807, 2.05) is 39.0 Å². The van der Waals surface area contributed by atoms with Crippen LogP contribution < -0.4 is 5.32 Å². The molecule has 0 saturated carbocycles. The summed E-state index contributed by atoms with van der Waals surface area (Å²) in [6.07, 6.45) is 0.841. The fourth-order valence-corrected chi connectivity index (χ4v) is 2.85. The third-order valence-electron chi connectivity index (χ3n) is 3.54. The second kappa shape index (κ2) is 7.07. The summed E-state index contributed by atoms with van der Waals surface area (Å²) in [6.45, 7) is 6.00. The number of hydrogen-bond acceptors (Lipinski definition) is 1. The molecule has 0 aliphatic heterocycles. The highest BCUT2D eigenvalue weighted by Gasteiger charge is 2.14. The van der Waals surface area contributed by atoms with Gasteiger partial charge >= 0.3 is 0 Å². The highest BCUT2D eigenvalue weighted by Crippen LogP contribution is 2.14. The summed E-state index contributed by atoms with van der Waals surface area (Å²) in [6, 6.07) is 14.5. The van der Waals surface area contributed by atoms with Crippen LogP contribution in [0, 0.1) is 17.4 Å². The van der Waals surface area contributed by atoms with Crippen LogP contribution in [0.2, 0.25) is 0 Å². The molecule has 1 amide bonds. The third kappa shape index (κ3) is 4.30. The summed E-state index contributed by atoms with van der Waals surface area (Å²) in [5.74, 6) is 0.0172. The number of aryl methyl sites for hydroxylation is 2.